The summed E-state index contributed by atoms with van der Waals surface area (Å²) in [6, 6.07) is 16.6. The lowest BCUT2D eigenvalue weighted by Crippen LogP contribution is -2.29. The maximum absolute atomic E-state index is 13.6. The van der Waals surface area contributed by atoms with E-state index in [9.17, 15) is 19.1 Å². The second-order valence-corrected chi connectivity index (χ2v) is 7.96. The number of aryl methyl sites for hydroxylation is 2. The largest absolute Gasteiger partial charge is 0.507 e. The van der Waals surface area contributed by atoms with E-state index < -0.39 is 23.5 Å². The minimum Gasteiger partial charge on any atom is -0.507 e. The Bertz CT molecular complexity index is 1230. The highest BCUT2D eigenvalue weighted by molar-refractivity contribution is 6.51. The number of carbonyl (C=O) groups excluding carboxylic acids is 2. The van der Waals surface area contributed by atoms with Crippen LogP contribution in [0, 0.1) is 19.7 Å². The summed E-state index contributed by atoms with van der Waals surface area (Å²) in [5.74, 6) is -2.31. The van der Waals surface area contributed by atoms with Gasteiger partial charge in [0.1, 0.15) is 11.6 Å². The minimum absolute atomic E-state index is 0.0507. The van der Waals surface area contributed by atoms with Gasteiger partial charge in [0.15, 0.2) is 0 Å². The maximum atomic E-state index is 13.6. The van der Waals surface area contributed by atoms with Gasteiger partial charge >= 0.3 is 0 Å². The molecule has 3 aromatic carbocycles. The first-order valence-electron chi connectivity index (χ1n) is 9.67. The highest BCUT2D eigenvalue weighted by Crippen LogP contribution is 2.43. The first-order chi connectivity index (χ1) is 14.8. The van der Waals surface area contributed by atoms with Gasteiger partial charge in [-0.2, -0.15) is 0 Å². The smallest absolute Gasteiger partial charge is 0.300 e. The number of nitrogens with zero attached hydrogens (tertiary/aromatic N) is 1. The second kappa shape index (κ2) is 8.00. The van der Waals surface area contributed by atoms with Gasteiger partial charge in [0, 0.05) is 16.3 Å². The molecule has 0 spiro atoms. The van der Waals surface area contributed by atoms with Gasteiger partial charge in [0.05, 0.1) is 11.6 Å². The quantitative estimate of drug-likeness (QED) is 0.325. The Morgan fingerprint density at radius 2 is 1.71 bits per heavy atom. The van der Waals surface area contributed by atoms with Crippen LogP contribution in [-0.2, 0) is 9.59 Å². The van der Waals surface area contributed by atoms with E-state index in [2.05, 4.69) is 0 Å². The van der Waals surface area contributed by atoms with Gasteiger partial charge in [-0.05, 0) is 61.4 Å². The fourth-order valence-corrected chi connectivity index (χ4v) is 4.01. The number of aliphatic hydroxyl groups excluding tert-OH is 1. The molecule has 4 rings (SSSR count). The van der Waals surface area contributed by atoms with E-state index >= 15 is 0 Å². The van der Waals surface area contributed by atoms with E-state index in [1.807, 2.05) is 26.0 Å². The molecule has 1 aliphatic heterocycles. The van der Waals surface area contributed by atoms with Crippen LogP contribution >= 0.6 is 11.6 Å². The molecule has 1 heterocycles. The lowest BCUT2D eigenvalue weighted by molar-refractivity contribution is -0.132. The number of halogens is 2. The van der Waals surface area contributed by atoms with Crippen LogP contribution in [0.2, 0.25) is 5.02 Å². The summed E-state index contributed by atoms with van der Waals surface area (Å²) in [5.41, 5.74) is 2.97. The van der Waals surface area contributed by atoms with E-state index in [1.165, 1.54) is 29.2 Å². The molecule has 0 bridgehead atoms. The molecule has 4 nitrogen and oxygen atoms in total. The summed E-state index contributed by atoms with van der Waals surface area (Å²) in [6.07, 6.45) is 0. The molecule has 0 saturated carbocycles. The third-order valence-corrected chi connectivity index (χ3v) is 5.60. The number of ketones is 1. The number of hydrogen-bond donors (Lipinski definition) is 1. The zero-order valence-corrected chi connectivity index (χ0v) is 17.7. The Balaban J connectivity index is 1.99. The standard InChI is InChI=1S/C25H19ClFNO3/c1-14-6-7-15(2)20(12-14)23(29)21-22(16-8-10-18(27)11-9-16)28(25(31)24(21)30)19-5-3-4-17(26)13-19/h3-13,22,29H,1-2H3/b23-21+. The SMILES string of the molecule is Cc1ccc(C)c(/C(O)=C2\C(=O)C(=O)N(c3cccc(Cl)c3)C2c2ccc(F)cc2)c1. The fraction of sp³-hybridized carbons (Fsp3) is 0.120. The molecule has 0 aliphatic carbocycles. The van der Waals surface area contributed by atoms with Crippen LogP contribution < -0.4 is 4.90 Å². The van der Waals surface area contributed by atoms with Crippen LogP contribution in [0.15, 0.2) is 72.3 Å². The third kappa shape index (κ3) is 3.73. The summed E-state index contributed by atoms with van der Waals surface area (Å²) in [4.78, 5) is 27.5. The average molecular weight is 436 g/mol. The Labute approximate surface area is 184 Å². The highest BCUT2D eigenvalue weighted by Gasteiger charge is 2.47. The van der Waals surface area contributed by atoms with Crippen molar-refractivity contribution in [3.05, 3.63) is 105 Å². The van der Waals surface area contributed by atoms with Crippen molar-refractivity contribution in [3.8, 4) is 0 Å². The number of aliphatic hydroxyl groups is 1. The molecule has 1 fully saturated rings. The van der Waals surface area contributed by atoms with Gasteiger partial charge in [-0.1, -0.05) is 47.5 Å². The van der Waals surface area contributed by atoms with Gasteiger partial charge in [-0.3, -0.25) is 14.5 Å². The van der Waals surface area contributed by atoms with E-state index in [1.54, 1.807) is 30.3 Å². The van der Waals surface area contributed by atoms with Gasteiger partial charge < -0.3 is 5.11 Å². The van der Waals surface area contributed by atoms with Crippen LogP contribution in [0.25, 0.3) is 5.76 Å². The molecule has 1 unspecified atom stereocenters. The fourth-order valence-electron chi connectivity index (χ4n) is 3.82. The van der Waals surface area contributed by atoms with Gasteiger partial charge in [-0.25, -0.2) is 4.39 Å². The monoisotopic (exact) mass is 435 g/mol. The van der Waals surface area contributed by atoms with Crippen molar-refractivity contribution >= 4 is 34.7 Å². The zero-order valence-electron chi connectivity index (χ0n) is 16.9. The first-order valence-corrected chi connectivity index (χ1v) is 10.1. The molecule has 0 radical (unpaired) electrons. The Kier molecular flexibility index (Phi) is 5.38. The molecule has 1 N–H and O–H groups in total. The van der Waals surface area contributed by atoms with Crippen LogP contribution in [0.4, 0.5) is 10.1 Å². The molecule has 0 aromatic heterocycles. The van der Waals surface area contributed by atoms with Crippen molar-refractivity contribution in [3.63, 3.8) is 0 Å². The van der Waals surface area contributed by atoms with Crippen molar-refractivity contribution < 1.29 is 19.1 Å². The van der Waals surface area contributed by atoms with Crippen molar-refractivity contribution in [2.45, 2.75) is 19.9 Å². The highest BCUT2D eigenvalue weighted by atomic mass is 35.5. The molecule has 1 atom stereocenters. The molecule has 1 saturated heterocycles. The number of rotatable bonds is 3. The average Bonchev–Trinajstić information content (AvgIpc) is 3.01. The molecule has 1 aliphatic rings. The summed E-state index contributed by atoms with van der Waals surface area (Å²) in [5, 5.41) is 11.6. The Morgan fingerprint density at radius 3 is 2.39 bits per heavy atom. The van der Waals surface area contributed by atoms with Crippen LogP contribution in [0.1, 0.15) is 28.3 Å². The maximum Gasteiger partial charge on any atom is 0.300 e. The molecular formula is C25H19ClFNO3. The normalized spacial score (nSPS) is 17.9. The lowest BCUT2D eigenvalue weighted by Gasteiger charge is -2.25. The number of anilines is 1. The number of hydrogen-bond acceptors (Lipinski definition) is 3. The predicted octanol–water partition coefficient (Wildman–Crippen LogP) is 5.72. The molecule has 3 aromatic rings. The molecule has 6 heteroatoms. The summed E-state index contributed by atoms with van der Waals surface area (Å²) in [6.45, 7) is 3.69. The van der Waals surface area contributed by atoms with Crippen molar-refractivity contribution in [1.82, 2.24) is 0 Å². The summed E-state index contributed by atoms with van der Waals surface area (Å²) < 4.78 is 13.6. The zero-order chi connectivity index (χ0) is 22.3. The Morgan fingerprint density at radius 1 is 1.00 bits per heavy atom. The van der Waals surface area contributed by atoms with Crippen LogP contribution in [0.5, 0.6) is 0 Å². The van der Waals surface area contributed by atoms with Crippen molar-refractivity contribution in [2.75, 3.05) is 4.90 Å². The third-order valence-electron chi connectivity index (χ3n) is 5.36. The van der Waals surface area contributed by atoms with Crippen molar-refractivity contribution in [1.29, 1.82) is 0 Å². The Hall–Kier alpha value is -3.44. The first kappa shape index (κ1) is 20.8. The van der Waals surface area contributed by atoms with E-state index in [4.69, 9.17) is 11.6 Å². The summed E-state index contributed by atoms with van der Waals surface area (Å²) >= 11 is 6.12. The van der Waals surface area contributed by atoms with Crippen LogP contribution in [-0.4, -0.2) is 16.8 Å². The second-order valence-electron chi connectivity index (χ2n) is 7.52. The molecular weight excluding hydrogens is 417 g/mol. The van der Waals surface area contributed by atoms with E-state index in [0.717, 1.165) is 11.1 Å². The predicted molar refractivity (Wildman–Crippen MR) is 119 cm³/mol. The summed E-state index contributed by atoms with van der Waals surface area (Å²) in [7, 11) is 0. The van der Waals surface area contributed by atoms with Gasteiger partial charge in [0.25, 0.3) is 11.7 Å². The van der Waals surface area contributed by atoms with Gasteiger partial charge in [0.2, 0.25) is 0 Å². The number of Topliss-reactive ketones (excluding diaryl/α,β-unsaturated/α-hetero) is 1. The minimum atomic E-state index is -0.932. The molecule has 156 valence electrons. The van der Waals surface area contributed by atoms with Crippen molar-refractivity contribution in [2.24, 2.45) is 0 Å². The number of benzene rings is 3. The topological polar surface area (TPSA) is 57.6 Å². The van der Waals surface area contributed by atoms with Crippen LogP contribution in [0.3, 0.4) is 0 Å². The number of amides is 1. The lowest BCUT2D eigenvalue weighted by atomic mass is 9.93. The number of carbonyl (C=O) groups is 2. The van der Waals surface area contributed by atoms with Gasteiger partial charge in [-0.15, -0.1) is 0 Å². The van der Waals surface area contributed by atoms with E-state index in [0.29, 0.717) is 21.8 Å². The molecule has 1 amide bonds. The molecule has 31 heavy (non-hydrogen) atoms. The van der Waals surface area contributed by atoms with E-state index in [-0.39, 0.29) is 11.3 Å².